The smallest absolute Gasteiger partial charge is 0.119 e. The second-order valence-corrected chi connectivity index (χ2v) is 6.81. The SMILES string of the molecule is CCNCCCCCNc1c2ccc(Cl)cc2nc2ccc(OC)cc12. The van der Waals surface area contributed by atoms with E-state index in [9.17, 15) is 0 Å². The van der Waals surface area contributed by atoms with Gasteiger partial charge in [0.15, 0.2) is 0 Å². The maximum atomic E-state index is 6.17. The lowest BCUT2D eigenvalue weighted by atomic mass is 10.1. The van der Waals surface area contributed by atoms with E-state index in [1.807, 2.05) is 36.4 Å². The summed E-state index contributed by atoms with van der Waals surface area (Å²) in [5.74, 6) is 0.835. The quantitative estimate of drug-likeness (QED) is 0.398. The van der Waals surface area contributed by atoms with Gasteiger partial charge in [0.25, 0.3) is 0 Å². The van der Waals surface area contributed by atoms with Gasteiger partial charge in [-0.15, -0.1) is 0 Å². The average molecular weight is 372 g/mol. The molecule has 0 bridgehead atoms. The average Bonchev–Trinajstić information content (AvgIpc) is 2.66. The Hall–Kier alpha value is -2.04. The number of nitrogens with zero attached hydrogens (tertiary/aromatic N) is 1. The monoisotopic (exact) mass is 371 g/mol. The third-order valence-corrected chi connectivity index (χ3v) is 4.76. The van der Waals surface area contributed by atoms with Gasteiger partial charge in [-0.3, -0.25) is 0 Å². The zero-order valence-corrected chi connectivity index (χ0v) is 16.2. The fourth-order valence-electron chi connectivity index (χ4n) is 3.16. The largest absolute Gasteiger partial charge is 0.497 e. The van der Waals surface area contributed by atoms with E-state index in [2.05, 4.69) is 17.6 Å². The Labute approximate surface area is 159 Å². The number of pyridine rings is 1. The summed E-state index contributed by atoms with van der Waals surface area (Å²) in [6.45, 7) is 5.20. The van der Waals surface area contributed by atoms with E-state index >= 15 is 0 Å². The molecule has 0 spiro atoms. The summed E-state index contributed by atoms with van der Waals surface area (Å²) in [6.07, 6.45) is 3.54. The van der Waals surface area contributed by atoms with Crippen LogP contribution in [0, 0.1) is 0 Å². The second-order valence-electron chi connectivity index (χ2n) is 6.37. The van der Waals surface area contributed by atoms with E-state index in [4.69, 9.17) is 21.3 Å². The number of hydrogen-bond acceptors (Lipinski definition) is 4. The van der Waals surface area contributed by atoms with Crippen molar-refractivity contribution >= 4 is 39.1 Å². The van der Waals surface area contributed by atoms with E-state index in [0.29, 0.717) is 5.02 Å². The first-order valence-corrected chi connectivity index (χ1v) is 9.62. The summed E-state index contributed by atoms with van der Waals surface area (Å²) < 4.78 is 5.41. The minimum Gasteiger partial charge on any atom is -0.497 e. The highest BCUT2D eigenvalue weighted by Crippen LogP contribution is 2.34. The van der Waals surface area contributed by atoms with E-state index in [-0.39, 0.29) is 0 Å². The van der Waals surface area contributed by atoms with Crippen molar-refractivity contribution in [2.75, 3.05) is 32.1 Å². The van der Waals surface area contributed by atoms with E-state index in [0.717, 1.165) is 59.3 Å². The number of methoxy groups -OCH3 is 1. The molecule has 1 aromatic heterocycles. The molecular formula is C21H26ClN3O. The van der Waals surface area contributed by atoms with Gasteiger partial charge in [0.2, 0.25) is 0 Å². The van der Waals surface area contributed by atoms with Crippen molar-refractivity contribution in [2.45, 2.75) is 26.2 Å². The van der Waals surface area contributed by atoms with E-state index < -0.39 is 0 Å². The van der Waals surface area contributed by atoms with Gasteiger partial charge < -0.3 is 15.4 Å². The minimum atomic E-state index is 0.701. The van der Waals surface area contributed by atoms with Gasteiger partial charge in [-0.1, -0.05) is 24.9 Å². The molecule has 0 radical (unpaired) electrons. The van der Waals surface area contributed by atoms with Crippen LogP contribution >= 0.6 is 11.6 Å². The number of nitrogens with one attached hydrogen (secondary N) is 2. The number of rotatable bonds is 9. The standard InChI is InChI=1S/C21H26ClN3O/c1-3-23-11-5-4-6-12-24-21-17-9-7-15(22)13-20(17)25-19-10-8-16(26-2)14-18(19)21/h7-10,13-14,23H,3-6,11-12H2,1-2H3,(H,24,25). The van der Waals surface area contributed by atoms with Crippen molar-refractivity contribution in [3.05, 3.63) is 41.4 Å². The van der Waals surface area contributed by atoms with Crippen LogP contribution in [0.3, 0.4) is 0 Å². The highest BCUT2D eigenvalue weighted by Gasteiger charge is 2.10. The van der Waals surface area contributed by atoms with Crippen molar-refractivity contribution < 1.29 is 4.74 Å². The molecule has 0 fully saturated rings. The number of unbranched alkanes of at least 4 members (excludes halogenated alkanes) is 2. The van der Waals surface area contributed by atoms with Crippen LogP contribution in [0.2, 0.25) is 5.02 Å². The Balaban J connectivity index is 1.86. The summed E-state index contributed by atoms with van der Waals surface area (Å²) in [5, 5.41) is 9.86. The lowest BCUT2D eigenvalue weighted by Gasteiger charge is -2.14. The number of hydrogen-bond donors (Lipinski definition) is 2. The number of aromatic nitrogens is 1. The molecule has 0 saturated heterocycles. The van der Waals surface area contributed by atoms with Crippen LogP contribution in [0.5, 0.6) is 5.75 Å². The minimum absolute atomic E-state index is 0.701. The predicted molar refractivity (Wildman–Crippen MR) is 112 cm³/mol. The zero-order chi connectivity index (χ0) is 18.4. The van der Waals surface area contributed by atoms with Crippen molar-refractivity contribution in [1.29, 1.82) is 0 Å². The molecule has 0 saturated carbocycles. The lowest BCUT2D eigenvalue weighted by Crippen LogP contribution is -2.14. The third-order valence-electron chi connectivity index (χ3n) is 4.53. The summed E-state index contributed by atoms with van der Waals surface area (Å²) in [6, 6.07) is 11.9. The van der Waals surface area contributed by atoms with Crippen LogP contribution in [-0.2, 0) is 0 Å². The number of halogens is 1. The van der Waals surface area contributed by atoms with Gasteiger partial charge in [0.1, 0.15) is 5.75 Å². The van der Waals surface area contributed by atoms with Gasteiger partial charge in [-0.2, -0.15) is 0 Å². The Morgan fingerprint density at radius 2 is 1.81 bits per heavy atom. The first-order chi connectivity index (χ1) is 12.7. The summed E-state index contributed by atoms with van der Waals surface area (Å²) in [5.41, 5.74) is 2.95. The summed E-state index contributed by atoms with van der Waals surface area (Å²) in [4.78, 5) is 4.76. The molecule has 4 nitrogen and oxygen atoms in total. The van der Waals surface area contributed by atoms with E-state index in [1.165, 1.54) is 12.8 Å². The maximum Gasteiger partial charge on any atom is 0.119 e. The molecule has 26 heavy (non-hydrogen) atoms. The lowest BCUT2D eigenvalue weighted by molar-refractivity contribution is 0.415. The molecule has 138 valence electrons. The second kappa shape index (κ2) is 9.06. The highest BCUT2D eigenvalue weighted by atomic mass is 35.5. The summed E-state index contributed by atoms with van der Waals surface area (Å²) >= 11 is 6.17. The van der Waals surface area contributed by atoms with E-state index in [1.54, 1.807) is 7.11 Å². The van der Waals surface area contributed by atoms with Gasteiger partial charge in [-0.05, 0) is 62.3 Å². The van der Waals surface area contributed by atoms with Crippen LogP contribution in [0.4, 0.5) is 5.69 Å². The first kappa shape index (κ1) is 18.7. The first-order valence-electron chi connectivity index (χ1n) is 9.24. The normalized spacial score (nSPS) is 11.2. The molecule has 5 heteroatoms. The Morgan fingerprint density at radius 1 is 0.962 bits per heavy atom. The maximum absolute atomic E-state index is 6.17. The fraction of sp³-hybridized carbons (Fsp3) is 0.381. The van der Waals surface area contributed by atoms with Gasteiger partial charge in [0.05, 0.1) is 23.8 Å². The van der Waals surface area contributed by atoms with Crippen molar-refractivity contribution in [3.8, 4) is 5.75 Å². The molecule has 0 aliphatic carbocycles. The number of fused-ring (bicyclic) bond motifs is 2. The Morgan fingerprint density at radius 3 is 2.62 bits per heavy atom. The van der Waals surface area contributed by atoms with Crippen LogP contribution in [0.1, 0.15) is 26.2 Å². The van der Waals surface area contributed by atoms with Crippen LogP contribution < -0.4 is 15.4 Å². The molecule has 0 aliphatic heterocycles. The number of ether oxygens (including phenoxy) is 1. The Bertz CT molecular complexity index is 882. The number of anilines is 1. The highest BCUT2D eigenvalue weighted by molar-refractivity contribution is 6.31. The molecule has 0 aliphatic rings. The molecule has 3 aromatic rings. The molecular weight excluding hydrogens is 346 g/mol. The molecule has 1 heterocycles. The van der Waals surface area contributed by atoms with Gasteiger partial charge in [-0.25, -0.2) is 4.98 Å². The van der Waals surface area contributed by atoms with Crippen molar-refractivity contribution in [2.24, 2.45) is 0 Å². The molecule has 2 N–H and O–H groups in total. The molecule has 0 unspecified atom stereocenters. The van der Waals surface area contributed by atoms with Gasteiger partial charge in [0, 0.05) is 22.3 Å². The summed E-state index contributed by atoms with van der Waals surface area (Å²) in [7, 11) is 1.69. The molecule has 3 rings (SSSR count). The van der Waals surface area contributed by atoms with Crippen molar-refractivity contribution in [3.63, 3.8) is 0 Å². The van der Waals surface area contributed by atoms with Crippen LogP contribution in [0.15, 0.2) is 36.4 Å². The zero-order valence-electron chi connectivity index (χ0n) is 15.4. The van der Waals surface area contributed by atoms with Crippen LogP contribution in [0.25, 0.3) is 21.8 Å². The molecule has 0 atom stereocenters. The number of benzene rings is 2. The van der Waals surface area contributed by atoms with Crippen LogP contribution in [-0.4, -0.2) is 31.7 Å². The molecule has 2 aromatic carbocycles. The van der Waals surface area contributed by atoms with Gasteiger partial charge >= 0.3 is 0 Å². The van der Waals surface area contributed by atoms with Crippen molar-refractivity contribution in [1.82, 2.24) is 10.3 Å². The topological polar surface area (TPSA) is 46.2 Å². The predicted octanol–water partition coefficient (Wildman–Crippen LogP) is 5.24. The Kier molecular flexibility index (Phi) is 6.53. The molecule has 0 amide bonds. The third kappa shape index (κ3) is 4.37. The fourth-order valence-corrected chi connectivity index (χ4v) is 3.32.